The summed E-state index contributed by atoms with van der Waals surface area (Å²) >= 11 is 5.69. The number of nitro groups is 1. The van der Waals surface area contributed by atoms with Crippen molar-refractivity contribution in [3.63, 3.8) is 0 Å². The van der Waals surface area contributed by atoms with Gasteiger partial charge in [0.05, 0.1) is 17.0 Å². The molecule has 0 aliphatic rings. The van der Waals surface area contributed by atoms with Crippen LogP contribution in [0, 0.1) is 24.0 Å². The zero-order valence-electron chi connectivity index (χ0n) is 15.4. The average molecular weight is 407 g/mol. The summed E-state index contributed by atoms with van der Waals surface area (Å²) in [6, 6.07) is 9.30. The number of esters is 1. The minimum atomic E-state index is -0.860. The summed E-state index contributed by atoms with van der Waals surface area (Å²) in [4.78, 5) is 33.8. The standard InChI is InChI=1S/C19H19ClN2O6/c1-12-3-6-17(13(2)9-12)27-8-7-21-18(23)11-28-19(24)14-4-5-15(20)16(10-14)22(25)26/h3-6,9-10H,7-8,11H2,1-2H3,(H,21,23). The van der Waals surface area contributed by atoms with Gasteiger partial charge in [0.2, 0.25) is 0 Å². The molecule has 0 aliphatic carbocycles. The monoisotopic (exact) mass is 406 g/mol. The number of amides is 1. The number of rotatable bonds is 8. The molecule has 2 aromatic rings. The van der Waals surface area contributed by atoms with Crippen molar-refractivity contribution < 1.29 is 24.0 Å². The summed E-state index contributed by atoms with van der Waals surface area (Å²) in [6.07, 6.45) is 0. The van der Waals surface area contributed by atoms with Crippen molar-refractivity contribution >= 4 is 29.2 Å². The second-order valence-electron chi connectivity index (χ2n) is 5.97. The van der Waals surface area contributed by atoms with Crippen molar-refractivity contribution in [2.45, 2.75) is 13.8 Å². The molecule has 0 aliphatic heterocycles. The Bertz CT molecular complexity index is 900. The predicted molar refractivity (Wildman–Crippen MR) is 103 cm³/mol. The van der Waals surface area contributed by atoms with Crippen LogP contribution in [0.2, 0.25) is 5.02 Å². The number of nitrogens with zero attached hydrogens (tertiary/aromatic N) is 1. The van der Waals surface area contributed by atoms with Crippen molar-refractivity contribution in [1.82, 2.24) is 5.32 Å². The van der Waals surface area contributed by atoms with E-state index >= 15 is 0 Å². The highest BCUT2D eigenvalue weighted by molar-refractivity contribution is 6.32. The van der Waals surface area contributed by atoms with Gasteiger partial charge in [-0.05, 0) is 37.6 Å². The molecule has 2 aromatic carbocycles. The summed E-state index contributed by atoms with van der Waals surface area (Å²) in [6.45, 7) is 3.89. The van der Waals surface area contributed by atoms with Crippen LogP contribution in [-0.2, 0) is 9.53 Å². The van der Waals surface area contributed by atoms with Gasteiger partial charge in [0.25, 0.3) is 11.6 Å². The largest absolute Gasteiger partial charge is 0.491 e. The van der Waals surface area contributed by atoms with Gasteiger partial charge in [0.15, 0.2) is 6.61 Å². The number of hydrogen-bond donors (Lipinski definition) is 1. The van der Waals surface area contributed by atoms with Crippen molar-refractivity contribution in [2.75, 3.05) is 19.8 Å². The van der Waals surface area contributed by atoms with Crippen LogP contribution < -0.4 is 10.1 Å². The molecule has 0 spiro atoms. The highest BCUT2D eigenvalue weighted by Gasteiger charge is 2.17. The van der Waals surface area contributed by atoms with Gasteiger partial charge >= 0.3 is 5.97 Å². The lowest BCUT2D eigenvalue weighted by molar-refractivity contribution is -0.384. The number of aryl methyl sites for hydroxylation is 2. The molecule has 0 heterocycles. The Labute approximate surface area is 166 Å². The van der Waals surface area contributed by atoms with Crippen molar-refractivity contribution in [3.05, 3.63) is 68.2 Å². The van der Waals surface area contributed by atoms with E-state index in [1.54, 1.807) is 0 Å². The Kier molecular flexibility index (Phi) is 7.34. The molecule has 0 unspecified atom stereocenters. The van der Waals surface area contributed by atoms with Gasteiger partial charge in [-0.1, -0.05) is 29.3 Å². The van der Waals surface area contributed by atoms with E-state index in [4.69, 9.17) is 21.1 Å². The first-order chi connectivity index (χ1) is 13.3. The van der Waals surface area contributed by atoms with Crippen molar-refractivity contribution in [2.24, 2.45) is 0 Å². The molecule has 0 atom stereocenters. The lowest BCUT2D eigenvalue weighted by atomic mass is 10.1. The first-order valence-electron chi connectivity index (χ1n) is 8.35. The third-order valence-corrected chi connectivity index (χ3v) is 4.04. The third kappa shape index (κ3) is 5.95. The van der Waals surface area contributed by atoms with Gasteiger partial charge in [-0.15, -0.1) is 0 Å². The molecule has 0 aromatic heterocycles. The van der Waals surface area contributed by atoms with E-state index in [-0.39, 0.29) is 23.7 Å². The average Bonchev–Trinajstić information content (AvgIpc) is 2.64. The van der Waals surface area contributed by atoms with E-state index in [1.165, 1.54) is 12.1 Å². The first-order valence-corrected chi connectivity index (χ1v) is 8.73. The zero-order chi connectivity index (χ0) is 20.7. The summed E-state index contributed by atoms with van der Waals surface area (Å²) in [5.41, 5.74) is 1.65. The lowest BCUT2D eigenvalue weighted by Gasteiger charge is -2.10. The summed E-state index contributed by atoms with van der Waals surface area (Å²) < 4.78 is 10.4. The van der Waals surface area contributed by atoms with Crippen molar-refractivity contribution in [1.29, 1.82) is 0 Å². The van der Waals surface area contributed by atoms with Crippen molar-refractivity contribution in [3.8, 4) is 5.75 Å². The van der Waals surface area contributed by atoms with E-state index in [9.17, 15) is 19.7 Å². The topological polar surface area (TPSA) is 108 Å². The maximum atomic E-state index is 11.9. The Hall–Kier alpha value is -3.13. The SMILES string of the molecule is Cc1ccc(OCCNC(=O)COC(=O)c2ccc(Cl)c([N+](=O)[O-])c2)c(C)c1. The maximum absolute atomic E-state index is 11.9. The molecule has 0 radical (unpaired) electrons. The predicted octanol–water partition coefficient (Wildman–Crippen LogP) is 3.22. The van der Waals surface area contributed by atoms with E-state index in [0.717, 1.165) is 22.9 Å². The van der Waals surface area contributed by atoms with Gasteiger partial charge < -0.3 is 14.8 Å². The number of ether oxygens (including phenoxy) is 2. The molecular formula is C19H19ClN2O6. The fourth-order valence-corrected chi connectivity index (χ4v) is 2.54. The van der Waals surface area contributed by atoms with Gasteiger partial charge in [-0.3, -0.25) is 14.9 Å². The minimum absolute atomic E-state index is 0.0675. The Morgan fingerprint density at radius 2 is 1.93 bits per heavy atom. The fourth-order valence-electron chi connectivity index (χ4n) is 2.36. The smallest absolute Gasteiger partial charge is 0.338 e. The van der Waals surface area contributed by atoms with Crippen LogP contribution >= 0.6 is 11.6 Å². The van der Waals surface area contributed by atoms with Crippen LogP contribution in [0.1, 0.15) is 21.5 Å². The number of nitrogens with one attached hydrogen (secondary N) is 1. The van der Waals surface area contributed by atoms with Gasteiger partial charge in [0.1, 0.15) is 17.4 Å². The molecule has 8 nitrogen and oxygen atoms in total. The van der Waals surface area contributed by atoms with Gasteiger partial charge in [0, 0.05) is 6.07 Å². The van der Waals surface area contributed by atoms with Crippen LogP contribution in [0.4, 0.5) is 5.69 Å². The molecule has 0 fully saturated rings. The molecule has 0 bridgehead atoms. The normalized spacial score (nSPS) is 10.2. The maximum Gasteiger partial charge on any atom is 0.338 e. The number of nitro benzene ring substituents is 1. The van der Waals surface area contributed by atoms with E-state index in [1.807, 2.05) is 32.0 Å². The van der Waals surface area contributed by atoms with Crippen LogP contribution in [0.3, 0.4) is 0 Å². The number of hydrogen-bond acceptors (Lipinski definition) is 6. The van der Waals surface area contributed by atoms with E-state index in [2.05, 4.69) is 5.32 Å². The van der Waals surface area contributed by atoms with Crippen LogP contribution in [0.15, 0.2) is 36.4 Å². The molecule has 1 amide bonds. The molecule has 28 heavy (non-hydrogen) atoms. The van der Waals surface area contributed by atoms with E-state index in [0.29, 0.717) is 0 Å². The second kappa shape index (κ2) is 9.70. The molecule has 9 heteroatoms. The Morgan fingerprint density at radius 3 is 2.61 bits per heavy atom. The number of carbonyl (C=O) groups excluding carboxylic acids is 2. The van der Waals surface area contributed by atoms with Crippen LogP contribution in [0.5, 0.6) is 5.75 Å². The third-order valence-electron chi connectivity index (χ3n) is 3.73. The summed E-state index contributed by atoms with van der Waals surface area (Å²) in [5, 5.41) is 13.3. The Balaban J connectivity index is 1.75. The minimum Gasteiger partial charge on any atom is -0.491 e. The highest BCUT2D eigenvalue weighted by Crippen LogP contribution is 2.25. The van der Waals surface area contributed by atoms with Gasteiger partial charge in [-0.25, -0.2) is 4.79 Å². The summed E-state index contributed by atoms with van der Waals surface area (Å²) in [7, 11) is 0. The number of carbonyl (C=O) groups is 2. The second-order valence-corrected chi connectivity index (χ2v) is 6.37. The van der Waals surface area contributed by atoms with Gasteiger partial charge in [-0.2, -0.15) is 0 Å². The quantitative estimate of drug-likeness (QED) is 0.312. The molecule has 148 valence electrons. The zero-order valence-corrected chi connectivity index (χ0v) is 16.1. The fraction of sp³-hybridized carbons (Fsp3) is 0.263. The molecule has 1 N–H and O–H groups in total. The molecular weight excluding hydrogens is 388 g/mol. The lowest BCUT2D eigenvalue weighted by Crippen LogP contribution is -2.32. The molecule has 2 rings (SSSR count). The van der Waals surface area contributed by atoms with E-state index < -0.39 is 29.1 Å². The number of halogens is 1. The molecule has 0 saturated carbocycles. The Morgan fingerprint density at radius 1 is 1.18 bits per heavy atom. The highest BCUT2D eigenvalue weighted by atomic mass is 35.5. The molecule has 0 saturated heterocycles. The van der Waals surface area contributed by atoms with Crippen LogP contribution in [-0.4, -0.2) is 36.6 Å². The summed E-state index contributed by atoms with van der Waals surface area (Å²) in [5.74, 6) is -0.641. The number of benzene rings is 2. The van der Waals surface area contributed by atoms with Crippen LogP contribution in [0.25, 0.3) is 0 Å². The first kappa shape index (κ1) is 21.2.